The molecule has 0 aromatic heterocycles. The molecule has 2 aromatic carbocycles. The fraction of sp³-hybridized carbons (Fsp3) is 0.400. The minimum absolute atomic E-state index is 0.661. The van der Waals surface area contributed by atoms with Gasteiger partial charge in [-0.25, -0.2) is 8.78 Å². The number of nitrogens with zero attached hydrogens (tertiary/aromatic N) is 2. The van der Waals surface area contributed by atoms with Crippen molar-refractivity contribution in [2.75, 3.05) is 32.8 Å². The topological polar surface area (TPSA) is 15.7 Å². The molecule has 3 nitrogen and oxygen atoms in total. The lowest BCUT2D eigenvalue weighted by molar-refractivity contribution is 0.122. The first-order valence-electron chi connectivity index (χ1n) is 8.74. The first kappa shape index (κ1) is 17.8. The highest BCUT2D eigenvalue weighted by Crippen LogP contribution is 2.16. The predicted octanol–water partition coefficient (Wildman–Crippen LogP) is 3.68. The van der Waals surface area contributed by atoms with E-state index in [2.05, 4.69) is 21.9 Å². The molecule has 0 saturated carbocycles. The lowest BCUT2D eigenvalue weighted by Crippen LogP contribution is -2.45. The van der Waals surface area contributed by atoms with E-state index in [1.54, 1.807) is 6.07 Å². The molecule has 134 valence electrons. The molecule has 5 heteroatoms. The summed E-state index contributed by atoms with van der Waals surface area (Å²) in [6.45, 7) is 8.03. The molecule has 0 amide bonds. The Kier molecular flexibility index (Phi) is 6.00. The van der Waals surface area contributed by atoms with Crippen LogP contribution in [-0.4, -0.2) is 42.6 Å². The van der Waals surface area contributed by atoms with Crippen molar-refractivity contribution in [2.24, 2.45) is 0 Å². The summed E-state index contributed by atoms with van der Waals surface area (Å²) in [5.41, 5.74) is 2.09. The van der Waals surface area contributed by atoms with E-state index in [1.807, 2.05) is 19.1 Å². The van der Waals surface area contributed by atoms with Gasteiger partial charge in [0.05, 0.1) is 6.61 Å². The highest BCUT2D eigenvalue weighted by Gasteiger charge is 2.17. The summed E-state index contributed by atoms with van der Waals surface area (Å²) in [4.78, 5) is 4.69. The third-order valence-corrected chi connectivity index (χ3v) is 4.50. The van der Waals surface area contributed by atoms with Crippen LogP contribution in [0.15, 0.2) is 42.5 Å². The van der Waals surface area contributed by atoms with E-state index in [4.69, 9.17) is 4.74 Å². The molecule has 2 aromatic rings. The van der Waals surface area contributed by atoms with Crippen LogP contribution in [0, 0.1) is 11.6 Å². The fourth-order valence-corrected chi connectivity index (χ4v) is 3.12. The molecule has 1 aliphatic rings. The van der Waals surface area contributed by atoms with Crippen LogP contribution in [0.25, 0.3) is 0 Å². The monoisotopic (exact) mass is 346 g/mol. The van der Waals surface area contributed by atoms with Crippen LogP contribution in [-0.2, 0) is 13.1 Å². The minimum Gasteiger partial charge on any atom is -0.494 e. The molecular weight excluding hydrogens is 322 g/mol. The zero-order valence-corrected chi connectivity index (χ0v) is 14.5. The van der Waals surface area contributed by atoms with Crippen molar-refractivity contribution in [3.8, 4) is 5.75 Å². The number of piperazine rings is 1. The Morgan fingerprint density at radius 3 is 1.92 bits per heavy atom. The Bertz CT molecular complexity index is 683. The standard InChI is InChI=1S/C20H24F2N2O/c1-2-25-18-6-3-16(4-7-18)14-23-9-11-24(12-10-23)15-17-5-8-19(21)20(22)13-17/h3-8,13H,2,9-12,14-15H2,1H3. The number of benzene rings is 2. The van der Waals surface area contributed by atoms with E-state index in [0.717, 1.165) is 44.0 Å². The first-order valence-corrected chi connectivity index (χ1v) is 8.74. The van der Waals surface area contributed by atoms with Gasteiger partial charge in [-0.1, -0.05) is 18.2 Å². The van der Waals surface area contributed by atoms with Crippen LogP contribution in [0.2, 0.25) is 0 Å². The van der Waals surface area contributed by atoms with Gasteiger partial charge in [-0.05, 0) is 42.3 Å². The zero-order chi connectivity index (χ0) is 17.6. The number of rotatable bonds is 6. The summed E-state index contributed by atoms with van der Waals surface area (Å²) >= 11 is 0. The smallest absolute Gasteiger partial charge is 0.159 e. The quantitative estimate of drug-likeness (QED) is 0.794. The summed E-state index contributed by atoms with van der Waals surface area (Å²) in [5.74, 6) is -0.654. The first-order chi connectivity index (χ1) is 12.1. The average molecular weight is 346 g/mol. The summed E-state index contributed by atoms with van der Waals surface area (Å²) in [6, 6.07) is 12.4. The van der Waals surface area contributed by atoms with Gasteiger partial charge >= 0.3 is 0 Å². The van der Waals surface area contributed by atoms with E-state index in [9.17, 15) is 8.78 Å². The molecule has 1 fully saturated rings. The van der Waals surface area contributed by atoms with Gasteiger partial charge in [0.1, 0.15) is 5.75 Å². The van der Waals surface area contributed by atoms with Crippen LogP contribution in [0.3, 0.4) is 0 Å². The highest BCUT2D eigenvalue weighted by atomic mass is 19.2. The summed E-state index contributed by atoms with van der Waals surface area (Å²) in [6.07, 6.45) is 0. The maximum absolute atomic E-state index is 13.3. The van der Waals surface area contributed by atoms with Gasteiger partial charge in [0.2, 0.25) is 0 Å². The molecule has 0 radical (unpaired) electrons. The van der Waals surface area contributed by atoms with Crippen LogP contribution >= 0.6 is 0 Å². The molecule has 0 bridgehead atoms. The zero-order valence-electron chi connectivity index (χ0n) is 14.5. The number of halogens is 2. The molecule has 3 rings (SSSR count). The molecule has 0 spiro atoms. The van der Waals surface area contributed by atoms with E-state index in [-0.39, 0.29) is 0 Å². The molecule has 0 atom stereocenters. The van der Waals surface area contributed by atoms with Gasteiger partial charge in [0, 0.05) is 39.3 Å². The maximum Gasteiger partial charge on any atom is 0.159 e. The molecule has 0 N–H and O–H groups in total. The van der Waals surface area contributed by atoms with Crippen LogP contribution in [0.5, 0.6) is 5.75 Å². The van der Waals surface area contributed by atoms with Gasteiger partial charge < -0.3 is 4.74 Å². The molecule has 1 aliphatic heterocycles. The van der Waals surface area contributed by atoms with Crippen molar-refractivity contribution >= 4 is 0 Å². The van der Waals surface area contributed by atoms with Crippen molar-refractivity contribution in [1.82, 2.24) is 9.80 Å². The lowest BCUT2D eigenvalue weighted by Gasteiger charge is -2.34. The normalized spacial score (nSPS) is 16.1. The van der Waals surface area contributed by atoms with E-state index >= 15 is 0 Å². The second-order valence-electron chi connectivity index (χ2n) is 6.38. The number of ether oxygens (including phenoxy) is 1. The summed E-state index contributed by atoms with van der Waals surface area (Å²) in [5, 5.41) is 0. The third kappa shape index (κ3) is 5.00. The van der Waals surface area contributed by atoms with Gasteiger partial charge in [-0.15, -0.1) is 0 Å². The Labute approximate surface area is 147 Å². The molecule has 25 heavy (non-hydrogen) atoms. The van der Waals surface area contributed by atoms with Gasteiger partial charge in [0.25, 0.3) is 0 Å². The van der Waals surface area contributed by atoms with E-state index < -0.39 is 11.6 Å². The highest BCUT2D eigenvalue weighted by molar-refractivity contribution is 5.27. The Morgan fingerprint density at radius 2 is 1.36 bits per heavy atom. The number of hydrogen-bond donors (Lipinski definition) is 0. The second-order valence-corrected chi connectivity index (χ2v) is 6.38. The van der Waals surface area contributed by atoms with Gasteiger partial charge in [0.15, 0.2) is 11.6 Å². The van der Waals surface area contributed by atoms with E-state index in [1.165, 1.54) is 17.7 Å². The predicted molar refractivity (Wildman–Crippen MR) is 94.5 cm³/mol. The van der Waals surface area contributed by atoms with E-state index in [0.29, 0.717) is 13.2 Å². The van der Waals surface area contributed by atoms with Crippen molar-refractivity contribution in [3.63, 3.8) is 0 Å². The van der Waals surface area contributed by atoms with Crippen molar-refractivity contribution in [3.05, 3.63) is 65.2 Å². The fourth-order valence-electron chi connectivity index (χ4n) is 3.12. The lowest BCUT2D eigenvalue weighted by atomic mass is 10.1. The van der Waals surface area contributed by atoms with Crippen molar-refractivity contribution in [2.45, 2.75) is 20.0 Å². The van der Waals surface area contributed by atoms with Gasteiger partial charge in [-0.2, -0.15) is 0 Å². The van der Waals surface area contributed by atoms with Crippen molar-refractivity contribution < 1.29 is 13.5 Å². The second kappa shape index (κ2) is 8.41. The van der Waals surface area contributed by atoms with Crippen LogP contribution < -0.4 is 4.74 Å². The average Bonchev–Trinajstić information content (AvgIpc) is 2.62. The minimum atomic E-state index is -0.788. The Hall–Kier alpha value is -1.98. The van der Waals surface area contributed by atoms with Gasteiger partial charge in [-0.3, -0.25) is 9.80 Å². The Morgan fingerprint density at radius 1 is 0.800 bits per heavy atom. The molecule has 1 saturated heterocycles. The maximum atomic E-state index is 13.3. The molecular formula is C20H24F2N2O. The SMILES string of the molecule is CCOc1ccc(CN2CCN(Cc3ccc(F)c(F)c3)CC2)cc1. The third-order valence-electron chi connectivity index (χ3n) is 4.50. The molecule has 0 aliphatic carbocycles. The largest absolute Gasteiger partial charge is 0.494 e. The summed E-state index contributed by atoms with van der Waals surface area (Å²) < 4.78 is 31.8. The summed E-state index contributed by atoms with van der Waals surface area (Å²) in [7, 11) is 0. The van der Waals surface area contributed by atoms with Crippen molar-refractivity contribution in [1.29, 1.82) is 0 Å². The Balaban J connectivity index is 1.47. The molecule has 0 unspecified atom stereocenters. The molecule has 1 heterocycles. The number of hydrogen-bond acceptors (Lipinski definition) is 3. The van der Waals surface area contributed by atoms with Crippen LogP contribution in [0.1, 0.15) is 18.1 Å². The van der Waals surface area contributed by atoms with Crippen LogP contribution in [0.4, 0.5) is 8.78 Å².